The van der Waals surface area contributed by atoms with Crippen molar-refractivity contribution in [2.24, 2.45) is 7.05 Å². The number of urea groups is 1. The van der Waals surface area contributed by atoms with Crippen molar-refractivity contribution < 1.29 is 4.79 Å². The number of amides is 2. The van der Waals surface area contributed by atoms with Crippen LogP contribution in [-0.4, -0.2) is 15.6 Å². The van der Waals surface area contributed by atoms with Crippen LogP contribution >= 0.6 is 0 Å². The number of nitrogens with zero attached hydrogens (tertiary/aromatic N) is 2. The Kier molecular flexibility index (Phi) is 4.28. The van der Waals surface area contributed by atoms with Crippen LogP contribution in [0.3, 0.4) is 0 Å². The first-order valence-corrected chi connectivity index (χ1v) is 7.61. The van der Waals surface area contributed by atoms with E-state index in [0.717, 1.165) is 28.0 Å². The summed E-state index contributed by atoms with van der Waals surface area (Å²) in [5.41, 5.74) is 4.16. The lowest BCUT2D eigenvalue weighted by Gasteiger charge is -2.08. The molecule has 23 heavy (non-hydrogen) atoms. The quantitative estimate of drug-likeness (QED) is 0.778. The van der Waals surface area contributed by atoms with E-state index in [0.29, 0.717) is 13.1 Å². The molecule has 0 aliphatic carbocycles. The zero-order valence-corrected chi connectivity index (χ0v) is 13.3. The highest BCUT2D eigenvalue weighted by Crippen LogP contribution is 2.16. The van der Waals surface area contributed by atoms with Crippen LogP contribution in [0.25, 0.3) is 11.0 Å². The van der Waals surface area contributed by atoms with Gasteiger partial charge in [0.05, 0.1) is 11.0 Å². The van der Waals surface area contributed by atoms with E-state index in [4.69, 9.17) is 0 Å². The van der Waals surface area contributed by atoms with Crippen molar-refractivity contribution >= 4 is 17.1 Å². The number of hydrogen-bond donors (Lipinski definition) is 2. The number of aryl methyl sites for hydroxylation is 2. The monoisotopic (exact) mass is 308 g/mol. The summed E-state index contributed by atoms with van der Waals surface area (Å²) < 4.78 is 2.05. The van der Waals surface area contributed by atoms with Crippen LogP contribution in [0.4, 0.5) is 4.79 Å². The number of imidazole rings is 1. The molecule has 1 aromatic heterocycles. The molecule has 118 valence electrons. The minimum atomic E-state index is -0.175. The minimum absolute atomic E-state index is 0.175. The molecule has 0 aliphatic rings. The molecule has 5 nitrogen and oxygen atoms in total. The highest BCUT2D eigenvalue weighted by Gasteiger charge is 2.06. The second kappa shape index (κ2) is 6.52. The van der Waals surface area contributed by atoms with Crippen LogP contribution in [-0.2, 0) is 20.1 Å². The van der Waals surface area contributed by atoms with E-state index in [9.17, 15) is 4.79 Å². The summed E-state index contributed by atoms with van der Waals surface area (Å²) in [5, 5.41) is 5.72. The van der Waals surface area contributed by atoms with E-state index in [1.165, 1.54) is 0 Å². The van der Waals surface area contributed by atoms with Crippen molar-refractivity contribution in [2.45, 2.75) is 20.0 Å². The predicted molar refractivity (Wildman–Crippen MR) is 91.0 cm³/mol. The Hall–Kier alpha value is -2.82. The number of carbonyl (C=O) groups is 1. The molecule has 0 aliphatic heterocycles. The molecule has 0 fully saturated rings. The Labute approximate surface area is 135 Å². The number of benzene rings is 2. The topological polar surface area (TPSA) is 59.0 Å². The van der Waals surface area contributed by atoms with Gasteiger partial charge in [0.1, 0.15) is 5.82 Å². The van der Waals surface area contributed by atoms with E-state index >= 15 is 0 Å². The molecule has 5 heteroatoms. The second-order valence-electron chi connectivity index (χ2n) is 5.56. The fourth-order valence-electron chi connectivity index (χ4n) is 2.50. The van der Waals surface area contributed by atoms with Crippen molar-refractivity contribution in [3.63, 3.8) is 0 Å². The highest BCUT2D eigenvalue weighted by atomic mass is 16.2. The molecule has 3 aromatic rings. The normalized spacial score (nSPS) is 10.7. The lowest BCUT2D eigenvalue weighted by Crippen LogP contribution is -2.34. The van der Waals surface area contributed by atoms with Gasteiger partial charge in [0.15, 0.2) is 0 Å². The van der Waals surface area contributed by atoms with Gasteiger partial charge in [-0.3, -0.25) is 0 Å². The van der Waals surface area contributed by atoms with E-state index < -0.39 is 0 Å². The third kappa shape index (κ3) is 3.51. The third-order valence-electron chi connectivity index (χ3n) is 3.92. The van der Waals surface area contributed by atoms with Gasteiger partial charge in [0, 0.05) is 20.1 Å². The predicted octanol–water partition coefficient (Wildman–Crippen LogP) is 2.88. The van der Waals surface area contributed by atoms with Gasteiger partial charge in [-0.2, -0.15) is 0 Å². The smallest absolute Gasteiger partial charge is 0.315 e. The maximum atomic E-state index is 11.9. The fraction of sp³-hybridized carbons (Fsp3) is 0.222. The summed E-state index contributed by atoms with van der Waals surface area (Å²) in [4.78, 5) is 16.4. The molecule has 2 N–H and O–H groups in total. The molecular weight excluding hydrogens is 288 g/mol. The number of nitrogens with one attached hydrogen (secondary N) is 2. The SMILES string of the molecule is Cc1nc2cc(CNC(=O)NCc3ccccc3)ccc2n1C. The molecule has 0 saturated carbocycles. The first kappa shape index (κ1) is 15.1. The van der Waals surface area contributed by atoms with E-state index in [1.807, 2.05) is 62.5 Å². The zero-order chi connectivity index (χ0) is 16.2. The summed E-state index contributed by atoms with van der Waals surface area (Å²) in [6.45, 7) is 2.98. The molecule has 0 spiro atoms. The molecule has 2 amide bonds. The Morgan fingerprint density at radius 3 is 2.48 bits per heavy atom. The Balaban J connectivity index is 1.56. The number of rotatable bonds is 4. The fourth-order valence-corrected chi connectivity index (χ4v) is 2.50. The maximum absolute atomic E-state index is 11.9. The van der Waals surface area contributed by atoms with Crippen LogP contribution < -0.4 is 10.6 Å². The molecule has 0 saturated heterocycles. The Morgan fingerprint density at radius 2 is 1.74 bits per heavy atom. The molecular formula is C18H20N4O. The molecule has 0 atom stereocenters. The van der Waals surface area contributed by atoms with Crippen LogP contribution in [0, 0.1) is 6.92 Å². The second-order valence-corrected chi connectivity index (χ2v) is 5.56. The average Bonchev–Trinajstić information content (AvgIpc) is 2.86. The summed E-state index contributed by atoms with van der Waals surface area (Å²) in [7, 11) is 2.00. The van der Waals surface area contributed by atoms with E-state index in [2.05, 4.69) is 20.2 Å². The standard InChI is InChI=1S/C18H20N4O/c1-13-21-16-10-15(8-9-17(16)22(13)2)12-20-18(23)19-11-14-6-4-3-5-7-14/h3-10H,11-12H2,1-2H3,(H2,19,20,23). The van der Waals surface area contributed by atoms with Crippen LogP contribution in [0.5, 0.6) is 0 Å². The lowest BCUT2D eigenvalue weighted by atomic mass is 10.2. The molecule has 3 rings (SSSR count). The third-order valence-corrected chi connectivity index (χ3v) is 3.92. The van der Waals surface area contributed by atoms with Crippen molar-refractivity contribution in [2.75, 3.05) is 0 Å². The van der Waals surface area contributed by atoms with Crippen LogP contribution in [0.1, 0.15) is 17.0 Å². The molecule has 0 bridgehead atoms. The highest BCUT2D eigenvalue weighted by molar-refractivity contribution is 5.77. The van der Waals surface area contributed by atoms with Gasteiger partial charge in [-0.1, -0.05) is 36.4 Å². The Bertz CT molecular complexity index is 824. The van der Waals surface area contributed by atoms with E-state index in [-0.39, 0.29) is 6.03 Å². The van der Waals surface area contributed by atoms with Gasteiger partial charge >= 0.3 is 6.03 Å². The zero-order valence-electron chi connectivity index (χ0n) is 13.3. The van der Waals surface area contributed by atoms with Crippen LogP contribution in [0.15, 0.2) is 48.5 Å². The lowest BCUT2D eigenvalue weighted by molar-refractivity contribution is 0.240. The van der Waals surface area contributed by atoms with Gasteiger partial charge in [0.2, 0.25) is 0 Å². The maximum Gasteiger partial charge on any atom is 0.315 e. The van der Waals surface area contributed by atoms with Crippen molar-refractivity contribution in [3.05, 3.63) is 65.5 Å². The number of hydrogen-bond acceptors (Lipinski definition) is 2. The van der Waals surface area contributed by atoms with Crippen molar-refractivity contribution in [3.8, 4) is 0 Å². The van der Waals surface area contributed by atoms with E-state index in [1.54, 1.807) is 0 Å². The molecule has 2 aromatic carbocycles. The minimum Gasteiger partial charge on any atom is -0.334 e. The van der Waals surface area contributed by atoms with Gasteiger partial charge in [-0.25, -0.2) is 9.78 Å². The number of aromatic nitrogens is 2. The number of fused-ring (bicyclic) bond motifs is 1. The summed E-state index contributed by atoms with van der Waals surface area (Å²) in [5.74, 6) is 0.978. The van der Waals surface area contributed by atoms with Crippen molar-refractivity contribution in [1.29, 1.82) is 0 Å². The molecule has 0 unspecified atom stereocenters. The largest absolute Gasteiger partial charge is 0.334 e. The van der Waals surface area contributed by atoms with Gasteiger partial charge in [-0.05, 0) is 30.2 Å². The van der Waals surface area contributed by atoms with Gasteiger partial charge in [0.25, 0.3) is 0 Å². The summed E-state index contributed by atoms with van der Waals surface area (Å²) >= 11 is 0. The van der Waals surface area contributed by atoms with Gasteiger partial charge < -0.3 is 15.2 Å². The first-order valence-electron chi connectivity index (χ1n) is 7.61. The number of carbonyl (C=O) groups excluding carboxylic acids is 1. The first-order chi connectivity index (χ1) is 11.1. The Morgan fingerprint density at radius 1 is 1.04 bits per heavy atom. The van der Waals surface area contributed by atoms with Gasteiger partial charge in [-0.15, -0.1) is 0 Å². The molecule has 0 radical (unpaired) electrons. The molecule has 1 heterocycles. The summed E-state index contributed by atoms with van der Waals surface area (Å²) in [6, 6.07) is 15.7. The summed E-state index contributed by atoms with van der Waals surface area (Å²) in [6.07, 6.45) is 0. The van der Waals surface area contributed by atoms with Crippen molar-refractivity contribution in [1.82, 2.24) is 20.2 Å². The average molecular weight is 308 g/mol. The van der Waals surface area contributed by atoms with Crippen LogP contribution in [0.2, 0.25) is 0 Å².